The normalized spacial score (nSPS) is 19.2. The Bertz CT molecular complexity index is 1030. The van der Waals surface area contributed by atoms with Gasteiger partial charge in [-0.1, -0.05) is 29.8 Å². The lowest BCUT2D eigenvalue weighted by atomic mass is 9.96. The zero-order chi connectivity index (χ0) is 23.1. The first-order valence-corrected chi connectivity index (χ1v) is 11.9. The van der Waals surface area contributed by atoms with Gasteiger partial charge in [0.1, 0.15) is 24.7 Å². The van der Waals surface area contributed by atoms with Crippen LogP contribution in [0, 0.1) is 6.92 Å². The van der Waals surface area contributed by atoms with E-state index in [-0.39, 0.29) is 6.61 Å². The molecule has 0 bridgehead atoms. The molecule has 3 aromatic rings. The van der Waals surface area contributed by atoms with Gasteiger partial charge in [0.05, 0.1) is 17.2 Å². The fourth-order valence-corrected chi connectivity index (χ4v) is 4.32. The van der Waals surface area contributed by atoms with Crippen molar-refractivity contribution in [2.75, 3.05) is 26.3 Å². The number of halogens is 1. The molecule has 7 heteroatoms. The number of aliphatic hydroxyl groups is 1. The van der Waals surface area contributed by atoms with Gasteiger partial charge in [-0.3, -0.25) is 9.58 Å². The summed E-state index contributed by atoms with van der Waals surface area (Å²) in [6, 6.07) is 15.9. The van der Waals surface area contributed by atoms with Crippen LogP contribution in [0.4, 0.5) is 0 Å². The molecule has 0 radical (unpaired) electrons. The van der Waals surface area contributed by atoms with E-state index in [2.05, 4.69) is 22.1 Å². The molecule has 1 unspecified atom stereocenters. The summed E-state index contributed by atoms with van der Waals surface area (Å²) in [5.74, 6) is 1.50. The molecule has 0 amide bonds. The van der Waals surface area contributed by atoms with E-state index in [0.717, 1.165) is 43.9 Å². The van der Waals surface area contributed by atoms with Crippen molar-refractivity contribution in [1.82, 2.24) is 14.7 Å². The Hall–Kier alpha value is -2.54. The monoisotopic (exact) mass is 469 g/mol. The van der Waals surface area contributed by atoms with E-state index < -0.39 is 5.60 Å². The van der Waals surface area contributed by atoms with E-state index in [1.165, 1.54) is 5.56 Å². The molecule has 1 atom stereocenters. The largest absolute Gasteiger partial charge is 0.492 e. The quantitative estimate of drug-likeness (QED) is 0.491. The SMILES string of the molecule is Cc1ccc(Cl)c(OCC2(O)CCCN(Cc3cccc(OCCn4cccn4)c3)CC2)c1. The molecule has 0 aliphatic carbocycles. The Morgan fingerprint density at radius 1 is 1.09 bits per heavy atom. The molecule has 1 saturated heterocycles. The maximum atomic E-state index is 11.2. The molecule has 1 fully saturated rings. The summed E-state index contributed by atoms with van der Waals surface area (Å²) in [4.78, 5) is 2.39. The second-order valence-corrected chi connectivity index (χ2v) is 9.25. The van der Waals surface area contributed by atoms with Crippen LogP contribution in [0.15, 0.2) is 60.9 Å². The Morgan fingerprint density at radius 2 is 2.00 bits per heavy atom. The summed E-state index contributed by atoms with van der Waals surface area (Å²) >= 11 is 6.25. The van der Waals surface area contributed by atoms with Gasteiger partial charge in [-0.2, -0.15) is 5.10 Å². The highest BCUT2D eigenvalue weighted by molar-refractivity contribution is 6.32. The molecular weight excluding hydrogens is 438 g/mol. The van der Waals surface area contributed by atoms with Gasteiger partial charge in [-0.15, -0.1) is 0 Å². The average molecular weight is 470 g/mol. The van der Waals surface area contributed by atoms with Crippen LogP contribution in [-0.4, -0.2) is 51.7 Å². The van der Waals surface area contributed by atoms with E-state index in [0.29, 0.717) is 30.2 Å². The van der Waals surface area contributed by atoms with Crippen LogP contribution in [0.5, 0.6) is 11.5 Å². The Balaban J connectivity index is 1.27. The molecule has 1 N–H and O–H groups in total. The third-order valence-corrected chi connectivity index (χ3v) is 6.36. The molecule has 6 nitrogen and oxygen atoms in total. The van der Waals surface area contributed by atoms with Gasteiger partial charge in [-0.25, -0.2) is 0 Å². The second kappa shape index (κ2) is 11.1. The summed E-state index contributed by atoms with van der Waals surface area (Å²) in [6.45, 7) is 6.13. The summed E-state index contributed by atoms with van der Waals surface area (Å²) in [5.41, 5.74) is 1.44. The van der Waals surface area contributed by atoms with Gasteiger partial charge >= 0.3 is 0 Å². The van der Waals surface area contributed by atoms with Gasteiger partial charge in [0.15, 0.2) is 0 Å². The second-order valence-electron chi connectivity index (χ2n) is 8.84. The lowest BCUT2D eigenvalue weighted by molar-refractivity contribution is -0.0168. The number of aryl methyl sites for hydroxylation is 1. The molecular formula is C26H32ClN3O3. The summed E-state index contributed by atoms with van der Waals surface area (Å²) in [7, 11) is 0. The fraction of sp³-hybridized carbons (Fsp3) is 0.423. The topological polar surface area (TPSA) is 59.8 Å². The van der Waals surface area contributed by atoms with Crippen molar-refractivity contribution >= 4 is 11.6 Å². The van der Waals surface area contributed by atoms with Gasteiger partial charge < -0.3 is 14.6 Å². The predicted molar refractivity (Wildman–Crippen MR) is 130 cm³/mol. The number of likely N-dealkylation sites (tertiary alicyclic amines) is 1. The van der Waals surface area contributed by atoms with Crippen molar-refractivity contribution in [3.8, 4) is 11.5 Å². The first kappa shape index (κ1) is 23.6. The molecule has 2 heterocycles. The molecule has 2 aromatic carbocycles. The minimum absolute atomic E-state index is 0.254. The predicted octanol–water partition coefficient (Wildman–Crippen LogP) is 4.72. The highest BCUT2D eigenvalue weighted by atomic mass is 35.5. The first-order chi connectivity index (χ1) is 16.0. The van der Waals surface area contributed by atoms with E-state index in [1.54, 1.807) is 6.20 Å². The molecule has 4 rings (SSSR count). The van der Waals surface area contributed by atoms with E-state index in [1.807, 2.05) is 54.2 Å². The Labute approximate surface area is 200 Å². The fourth-order valence-electron chi connectivity index (χ4n) is 4.15. The van der Waals surface area contributed by atoms with Crippen molar-refractivity contribution in [2.45, 2.75) is 44.9 Å². The van der Waals surface area contributed by atoms with Crippen LogP contribution >= 0.6 is 11.6 Å². The number of rotatable bonds is 9. The molecule has 33 heavy (non-hydrogen) atoms. The number of nitrogens with zero attached hydrogens (tertiary/aromatic N) is 3. The van der Waals surface area contributed by atoms with Crippen molar-refractivity contribution in [1.29, 1.82) is 0 Å². The Morgan fingerprint density at radius 3 is 2.85 bits per heavy atom. The number of benzene rings is 2. The zero-order valence-electron chi connectivity index (χ0n) is 19.1. The van der Waals surface area contributed by atoms with Gasteiger partial charge in [0, 0.05) is 25.5 Å². The molecule has 176 valence electrons. The van der Waals surface area contributed by atoms with Crippen LogP contribution in [-0.2, 0) is 13.1 Å². The number of aromatic nitrogens is 2. The van der Waals surface area contributed by atoms with Gasteiger partial charge in [-0.05, 0) is 74.2 Å². The van der Waals surface area contributed by atoms with Gasteiger partial charge in [0.2, 0.25) is 0 Å². The molecule has 0 spiro atoms. The van der Waals surface area contributed by atoms with Gasteiger partial charge in [0.25, 0.3) is 0 Å². The number of ether oxygens (including phenoxy) is 2. The number of hydrogen-bond acceptors (Lipinski definition) is 5. The Kier molecular flexibility index (Phi) is 7.91. The maximum Gasteiger partial charge on any atom is 0.138 e. The third kappa shape index (κ3) is 6.97. The summed E-state index contributed by atoms with van der Waals surface area (Å²) < 4.78 is 13.7. The molecule has 1 aliphatic heterocycles. The maximum absolute atomic E-state index is 11.2. The van der Waals surface area contributed by atoms with Crippen molar-refractivity contribution in [2.24, 2.45) is 0 Å². The van der Waals surface area contributed by atoms with Crippen LogP contribution in [0.3, 0.4) is 0 Å². The first-order valence-electron chi connectivity index (χ1n) is 11.5. The highest BCUT2D eigenvalue weighted by Gasteiger charge is 2.31. The highest BCUT2D eigenvalue weighted by Crippen LogP contribution is 2.29. The number of hydrogen-bond donors (Lipinski definition) is 1. The van der Waals surface area contributed by atoms with Crippen molar-refractivity contribution in [3.63, 3.8) is 0 Å². The molecule has 1 aromatic heterocycles. The smallest absolute Gasteiger partial charge is 0.138 e. The van der Waals surface area contributed by atoms with Crippen molar-refractivity contribution < 1.29 is 14.6 Å². The van der Waals surface area contributed by atoms with Crippen molar-refractivity contribution in [3.05, 3.63) is 77.1 Å². The lowest BCUT2D eigenvalue weighted by Gasteiger charge is -2.27. The molecule has 0 saturated carbocycles. The van der Waals surface area contributed by atoms with E-state index >= 15 is 0 Å². The van der Waals surface area contributed by atoms with Crippen LogP contribution in [0.1, 0.15) is 30.4 Å². The summed E-state index contributed by atoms with van der Waals surface area (Å²) in [5, 5.41) is 15.9. The minimum Gasteiger partial charge on any atom is -0.492 e. The molecule has 1 aliphatic rings. The summed E-state index contributed by atoms with van der Waals surface area (Å²) in [6.07, 6.45) is 6.00. The lowest BCUT2D eigenvalue weighted by Crippen LogP contribution is -2.37. The van der Waals surface area contributed by atoms with E-state index in [4.69, 9.17) is 21.1 Å². The minimum atomic E-state index is -0.848. The van der Waals surface area contributed by atoms with E-state index in [9.17, 15) is 5.11 Å². The standard InChI is InChI=1S/C26H32ClN3O3/c1-21-7-8-24(27)25(17-21)33-20-26(31)9-3-12-29(14-10-26)19-22-5-2-6-23(18-22)32-16-15-30-13-4-11-28-30/h2,4-8,11,13,17-18,31H,3,9-10,12,14-16,19-20H2,1H3. The van der Waals surface area contributed by atoms with Crippen LogP contribution in [0.25, 0.3) is 0 Å². The average Bonchev–Trinajstić information content (AvgIpc) is 3.25. The zero-order valence-corrected chi connectivity index (χ0v) is 19.9. The third-order valence-electron chi connectivity index (χ3n) is 6.05. The van der Waals surface area contributed by atoms with Crippen LogP contribution in [0.2, 0.25) is 5.02 Å². The van der Waals surface area contributed by atoms with Crippen LogP contribution < -0.4 is 9.47 Å².